The van der Waals surface area contributed by atoms with E-state index in [2.05, 4.69) is 24.0 Å². The number of aryl methyl sites for hydroxylation is 1. The summed E-state index contributed by atoms with van der Waals surface area (Å²) >= 11 is 0. The average Bonchev–Trinajstić information content (AvgIpc) is 2.37. The summed E-state index contributed by atoms with van der Waals surface area (Å²) in [7, 11) is 0. The van der Waals surface area contributed by atoms with Crippen molar-refractivity contribution >= 4 is 0 Å². The van der Waals surface area contributed by atoms with Crippen molar-refractivity contribution in [2.45, 2.75) is 13.0 Å². The molecule has 0 saturated carbocycles. The third-order valence-electron chi connectivity index (χ3n) is 2.53. The van der Waals surface area contributed by atoms with Crippen LogP contribution in [0.4, 0.5) is 0 Å². The van der Waals surface area contributed by atoms with Crippen LogP contribution in [0.15, 0.2) is 48.8 Å². The summed E-state index contributed by atoms with van der Waals surface area (Å²) in [6.07, 6.45) is 3.40. The summed E-state index contributed by atoms with van der Waals surface area (Å²) in [5.74, 6) is 0.746. The molecule has 3 heteroatoms. The van der Waals surface area contributed by atoms with Gasteiger partial charge in [0.2, 0.25) is 0 Å². The lowest BCUT2D eigenvalue weighted by Crippen LogP contribution is -2.19. The van der Waals surface area contributed by atoms with E-state index in [0.29, 0.717) is 6.61 Å². The van der Waals surface area contributed by atoms with Gasteiger partial charge in [0.15, 0.2) is 0 Å². The number of pyridine rings is 1. The number of aromatic nitrogens is 1. The first-order chi connectivity index (χ1) is 8.25. The Balaban J connectivity index is 1.96. The van der Waals surface area contributed by atoms with Crippen LogP contribution >= 0.6 is 0 Å². The van der Waals surface area contributed by atoms with E-state index >= 15 is 0 Å². The molecule has 1 atom stereocenters. The highest BCUT2D eigenvalue weighted by molar-refractivity contribution is 5.25. The largest absolute Gasteiger partial charge is 0.490 e. The molecule has 1 heterocycles. The Labute approximate surface area is 101 Å². The van der Waals surface area contributed by atoms with Crippen LogP contribution < -0.4 is 10.5 Å². The molecule has 2 rings (SSSR count). The van der Waals surface area contributed by atoms with Crippen molar-refractivity contribution in [1.82, 2.24) is 4.98 Å². The summed E-state index contributed by atoms with van der Waals surface area (Å²) in [5.41, 5.74) is 8.37. The Kier molecular flexibility index (Phi) is 3.73. The van der Waals surface area contributed by atoms with Crippen molar-refractivity contribution in [3.63, 3.8) is 0 Å². The summed E-state index contributed by atoms with van der Waals surface area (Å²) < 4.78 is 5.57. The zero-order valence-electron chi connectivity index (χ0n) is 9.84. The maximum Gasteiger partial charge on any atom is 0.137 e. The van der Waals surface area contributed by atoms with Gasteiger partial charge in [-0.2, -0.15) is 0 Å². The lowest BCUT2D eigenvalue weighted by atomic mass is 10.1. The topological polar surface area (TPSA) is 48.1 Å². The van der Waals surface area contributed by atoms with Crippen LogP contribution in [0.2, 0.25) is 0 Å². The molecule has 3 nitrogen and oxygen atoms in total. The van der Waals surface area contributed by atoms with E-state index in [9.17, 15) is 0 Å². The first-order valence-corrected chi connectivity index (χ1v) is 5.60. The fourth-order valence-corrected chi connectivity index (χ4v) is 1.62. The zero-order chi connectivity index (χ0) is 12.1. The van der Waals surface area contributed by atoms with Crippen LogP contribution in [-0.4, -0.2) is 11.6 Å². The predicted octanol–water partition coefficient (Wildman–Crippen LogP) is 2.47. The van der Waals surface area contributed by atoms with Crippen molar-refractivity contribution in [1.29, 1.82) is 0 Å². The third kappa shape index (κ3) is 3.29. The number of nitrogens with zero attached hydrogens (tertiary/aromatic N) is 1. The van der Waals surface area contributed by atoms with Gasteiger partial charge in [-0.25, -0.2) is 0 Å². The summed E-state index contributed by atoms with van der Waals surface area (Å²) in [6, 6.07) is 11.8. The highest BCUT2D eigenvalue weighted by atomic mass is 16.5. The highest BCUT2D eigenvalue weighted by Gasteiger charge is 2.06. The molecule has 1 unspecified atom stereocenters. The Bertz CT molecular complexity index is 471. The van der Waals surface area contributed by atoms with Gasteiger partial charge in [-0.3, -0.25) is 4.98 Å². The van der Waals surface area contributed by atoms with Crippen LogP contribution in [-0.2, 0) is 0 Å². The molecule has 0 saturated heterocycles. The highest BCUT2D eigenvalue weighted by Crippen LogP contribution is 2.14. The van der Waals surface area contributed by atoms with E-state index in [1.165, 1.54) is 5.56 Å². The quantitative estimate of drug-likeness (QED) is 0.874. The molecule has 0 bridgehead atoms. The Morgan fingerprint density at radius 1 is 1.29 bits per heavy atom. The van der Waals surface area contributed by atoms with E-state index in [1.807, 2.05) is 24.3 Å². The number of rotatable bonds is 4. The minimum Gasteiger partial charge on any atom is -0.490 e. The maximum absolute atomic E-state index is 6.07. The van der Waals surface area contributed by atoms with Crippen molar-refractivity contribution in [3.05, 3.63) is 59.9 Å². The minimum absolute atomic E-state index is 0.116. The standard InChI is InChI=1S/C14H16N2O/c1-11-4-2-5-12(8-11)14(15)10-17-13-6-3-7-16-9-13/h2-9,14H,10,15H2,1H3. The molecule has 0 amide bonds. The van der Waals surface area contributed by atoms with Crippen LogP contribution in [0.3, 0.4) is 0 Å². The number of hydrogen-bond acceptors (Lipinski definition) is 3. The van der Waals surface area contributed by atoms with Crippen LogP contribution in [0.1, 0.15) is 17.2 Å². The number of nitrogens with two attached hydrogens (primary N) is 1. The van der Waals surface area contributed by atoms with Gasteiger partial charge >= 0.3 is 0 Å². The van der Waals surface area contributed by atoms with Crippen LogP contribution in [0.5, 0.6) is 5.75 Å². The van der Waals surface area contributed by atoms with Crippen molar-refractivity contribution < 1.29 is 4.74 Å². The smallest absolute Gasteiger partial charge is 0.137 e. The molecule has 0 aliphatic rings. The molecular weight excluding hydrogens is 212 g/mol. The van der Waals surface area contributed by atoms with Gasteiger partial charge in [0, 0.05) is 6.20 Å². The average molecular weight is 228 g/mol. The summed E-state index contributed by atoms with van der Waals surface area (Å²) in [5, 5.41) is 0. The van der Waals surface area contributed by atoms with Gasteiger partial charge in [0.1, 0.15) is 12.4 Å². The van der Waals surface area contributed by atoms with Gasteiger partial charge in [-0.15, -0.1) is 0 Å². The van der Waals surface area contributed by atoms with Crippen molar-refractivity contribution in [2.75, 3.05) is 6.61 Å². The van der Waals surface area contributed by atoms with Crippen LogP contribution in [0, 0.1) is 6.92 Å². The summed E-state index contributed by atoms with van der Waals surface area (Å²) in [4.78, 5) is 3.98. The second-order valence-corrected chi connectivity index (χ2v) is 4.02. The van der Waals surface area contributed by atoms with E-state index < -0.39 is 0 Å². The molecule has 2 N–H and O–H groups in total. The maximum atomic E-state index is 6.07. The molecule has 1 aromatic carbocycles. The normalized spacial score (nSPS) is 12.1. The van der Waals surface area contributed by atoms with Gasteiger partial charge in [-0.1, -0.05) is 29.8 Å². The molecule has 0 radical (unpaired) electrons. The van der Waals surface area contributed by atoms with E-state index in [4.69, 9.17) is 10.5 Å². The van der Waals surface area contributed by atoms with Gasteiger partial charge < -0.3 is 10.5 Å². The second kappa shape index (κ2) is 5.46. The summed E-state index contributed by atoms with van der Waals surface area (Å²) in [6.45, 7) is 2.51. The predicted molar refractivity (Wildman–Crippen MR) is 67.8 cm³/mol. The van der Waals surface area contributed by atoms with Crippen LogP contribution in [0.25, 0.3) is 0 Å². The second-order valence-electron chi connectivity index (χ2n) is 4.02. The molecular formula is C14H16N2O. The van der Waals surface area contributed by atoms with E-state index in [0.717, 1.165) is 11.3 Å². The zero-order valence-corrected chi connectivity index (χ0v) is 9.84. The molecule has 2 aromatic rings. The Morgan fingerprint density at radius 2 is 2.18 bits per heavy atom. The number of ether oxygens (including phenoxy) is 1. The van der Waals surface area contributed by atoms with Gasteiger partial charge in [-0.05, 0) is 24.6 Å². The van der Waals surface area contributed by atoms with Gasteiger partial charge in [0.05, 0.1) is 12.2 Å². The van der Waals surface area contributed by atoms with E-state index in [-0.39, 0.29) is 6.04 Å². The fourth-order valence-electron chi connectivity index (χ4n) is 1.62. The molecule has 0 aliphatic carbocycles. The number of benzene rings is 1. The van der Waals surface area contributed by atoms with Crippen molar-refractivity contribution in [3.8, 4) is 5.75 Å². The van der Waals surface area contributed by atoms with Crippen molar-refractivity contribution in [2.24, 2.45) is 5.73 Å². The molecule has 0 spiro atoms. The third-order valence-corrected chi connectivity index (χ3v) is 2.53. The monoisotopic (exact) mass is 228 g/mol. The Hall–Kier alpha value is -1.87. The molecule has 17 heavy (non-hydrogen) atoms. The SMILES string of the molecule is Cc1cccc(C(N)COc2cccnc2)c1. The molecule has 0 fully saturated rings. The minimum atomic E-state index is -0.116. The first-order valence-electron chi connectivity index (χ1n) is 5.60. The molecule has 88 valence electrons. The van der Waals surface area contributed by atoms with E-state index in [1.54, 1.807) is 12.4 Å². The lowest BCUT2D eigenvalue weighted by Gasteiger charge is -2.13. The molecule has 1 aromatic heterocycles. The fraction of sp³-hybridized carbons (Fsp3) is 0.214. The lowest BCUT2D eigenvalue weighted by molar-refractivity contribution is 0.289. The first kappa shape index (κ1) is 11.6. The Morgan fingerprint density at radius 3 is 2.88 bits per heavy atom. The molecule has 0 aliphatic heterocycles. The number of hydrogen-bond donors (Lipinski definition) is 1. The van der Waals surface area contributed by atoms with Gasteiger partial charge in [0.25, 0.3) is 0 Å².